The normalized spacial score (nSPS) is 14.1. The Bertz CT molecular complexity index is 77.4. The molecule has 0 aromatic carbocycles. The van der Waals surface area contributed by atoms with Gasteiger partial charge in [0.1, 0.15) is 0 Å². The lowest BCUT2D eigenvalue weighted by molar-refractivity contribution is 0.175. The van der Waals surface area contributed by atoms with Gasteiger partial charge in [-0.05, 0) is 13.3 Å². The van der Waals surface area contributed by atoms with Crippen molar-refractivity contribution in [3.63, 3.8) is 0 Å². The molecule has 0 aromatic heterocycles. The third-order valence-corrected chi connectivity index (χ3v) is 1.79. The SMILES string of the molecule is CCCCC(C)OP(O)O. The van der Waals surface area contributed by atoms with Gasteiger partial charge in [0.25, 0.3) is 0 Å². The molecule has 0 rings (SSSR count). The Morgan fingerprint density at radius 1 is 1.50 bits per heavy atom. The van der Waals surface area contributed by atoms with Crippen LogP contribution < -0.4 is 0 Å². The van der Waals surface area contributed by atoms with Crippen molar-refractivity contribution in [2.24, 2.45) is 0 Å². The first-order valence-corrected chi connectivity index (χ1v) is 4.68. The fraction of sp³-hybridized carbons (Fsp3) is 1.00. The van der Waals surface area contributed by atoms with E-state index in [1.165, 1.54) is 0 Å². The zero-order valence-corrected chi connectivity index (χ0v) is 7.34. The maximum absolute atomic E-state index is 8.42. The van der Waals surface area contributed by atoms with Crippen LogP contribution in [0.4, 0.5) is 0 Å². The molecule has 0 aromatic rings. The van der Waals surface area contributed by atoms with Crippen LogP contribution >= 0.6 is 8.60 Å². The van der Waals surface area contributed by atoms with E-state index in [2.05, 4.69) is 6.92 Å². The van der Waals surface area contributed by atoms with Crippen LogP contribution in [0.3, 0.4) is 0 Å². The minimum Gasteiger partial charge on any atom is -0.328 e. The van der Waals surface area contributed by atoms with Crippen molar-refractivity contribution in [3.8, 4) is 0 Å². The number of hydrogen-bond donors (Lipinski definition) is 2. The monoisotopic (exact) mass is 166 g/mol. The van der Waals surface area contributed by atoms with Crippen molar-refractivity contribution < 1.29 is 14.3 Å². The summed E-state index contributed by atoms with van der Waals surface area (Å²) in [5, 5.41) is 0. The van der Waals surface area contributed by atoms with Crippen LogP contribution in [0, 0.1) is 0 Å². The molecular formula is C6H15O3P. The van der Waals surface area contributed by atoms with Crippen LogP contribution in [0.5, 0.6) is 0 Å². The minimum absolute atomic E-state index is 0.0268. The van der Waals surface area contributed by atoms with Gasteiger partial charge in [0, 0.05) is 0 Å². The van der Waals surface area contributed by atoms with E-state index in [1.807, 2.05) is 6.92 Å². The van der Waals surface area contributed by atoms with Gasteiger partial charge in [-0.1, -0.05) is 19.8 Å². The van der Waals surface area contributed by atoms with Gasteiger partial charge in [0.05, 0.1) is 6.10 Å². The molecule has 62 valence electrons. The molecule has 0 saturated carbocycles. The van der Waals surface area contributed by atoms with Gasteiger partial charge in [0.15, 0.2) is 0 Å². The van der Waals surface area contributed by atoms with Gasteiger partial charge in [-0.15, -0.1) is 0 Å². The first-order chi connectivity index (χ1) is 4.66. The maximum Gasteiger partial charge on any atom is 0.327 e. The van der Waals surface area contributed by atoms with Crippen molar-refractivity contribution in [1.29, 1.82) is 0 Å². The lowest BCUT2D eigenvalue weighted by atomic mass is 10.2. The van der Waals surface area contributed by atoms with Gasteiger partial charge in [-0.25, -0.2) is 0 Å². The topological polar surface area (TPSA) is 49.7 Å². The number of unbranched alkanes of at least 4 members (excludes halogenated alkanes) is 1. The zero-order valence-electron chi connectivity index (χ0n) is 6.45. The van der Waals surface area contributed by atoms with E-state index >= 15 is 0 Å². The predicted molar refractivity (Wildman–Crippen MR) is 41.4 cm³/mol. The Morgan fingerprint density at radius 3 is 2.50 bits per heavy atom. The lowest BCUT2D eigenvalue weighted by Crippen LogP contribution is -2.03. The smallest absolute Gasteiger partial charge is 0.327 e. The molecule has 0 fully saturated rings. The molecule has 0 aliphatic heterocycles. The summed E-state index contributed by atoms with van der Waals surface area (Å²) in [7, 11) is -2.16. The van der Waals surface area contributed by atoms with Crippen molar-refractivity contribution in [1.82, 2.24) is 0 Å². The minimum atomic E-state index is -2.16. The summed E-state index contributed by atoms with van der Waals surface area (Å²) in [5.41, 5.74) is 0. The average Bonchev–Trinajstić information content (AvgIpc) is 1.82. The summed E-state index contributed by atoms with van der Waals surface area (Å²) in [5.74, 6) is 0. The summed E-state index contributed by atoms with van der Waals surface area (Å²) in [6, 6.07) is 0. The molecule has 0 heterocycles. The molecule has 1 unspecified atom stereocenters. The van der Waals surface area contributed by atoms with Crippen molar-refractivity contribution >= 4 is 8.60 Å². The van der Waals surface area contributed by atoms with Gasteiger partial charge >= 0.3 is 8.60 Å². The van der Waals surface area contributed by atoms with Gasteiger partial charge in [-0.2, -0.15) is 0 Å². The molecule has 0 saturated heterocycles. The molecule has 0 radical (unpaired) electrons. The fourth-order valence-corrected chi connectivity index (χ4v) is 1.13. The molecule has 2 N–H and O–H groups in total. The Balaban J connectivity index is 3.16. The Kier molecular flexibility index (Phi) is 6.24. The molecule has 0 aliphatic rings. The van der Waals surface area contributed by atoms with Crippen LogP contribution in [0.1, 0.15) is 33.1 Å². The van der Waals surface area contributed by atoms with E-state index in [1.54, 1.807) is 0 Å². The molecule has 10 heavy (non-hydrogen) atoms. The van der Waals surface area contributed by atoms with Crippen LogP contribution in [0.2, 0.25) is 0 Å². The summed E-state index contributed by atoms with van der Waals surface area (Å²) >= 11 is 0. The standard InChI is InChI=1S/C6H15O3P/c1-3-4-5-6(2)9-10(7)8/h6-8H,3-5H2,1-2H3. The average molecular weight is 166 g/mol. The summed E-state index contributed by atoms with van der Waals surface area (Å²) < 4.78 is 4.73. The first kappa shape index (κ1) is 10.3. The quantitative estimate of drug-likeness (QED) is 0.612. The molecule has 3 nitrogen and oxygen atoms in total. The molecular weight excluding hydrogens is 151 g/mol. The van der Waals surface area contributed by atoms with Crippen molar-refractivity contribution in [2.45, 2.75) is 39.2 Å². The van der Waals surface area contributed by atoms with E-state index in [0.717, 1.165) is 19.3 Å². The second-order valence-corrected chi connectivity index (χ2v) is 3.03. The molecule has 4 heteroatoms. The van der Waals surface area contributed by atoms with Crippen LogP contribution in [0.25, 0.3) is 0 Å². The van der Waals surface area contributed by atoms with Gasteiger partial charge in [0.2, 0.25) is 0 Å². The third-order valence-electron chi connectivity index (χ3n) is 1.24. The highest BCUT2D eigenvalue weighted by atomic mass is 31.2. The second kappa shape index (κ2) is 6.05. The largest absolute Gasteiger partial charge is 0.328 e. The molecule has 0 spiro atoms. The van der Waals surface area contributed by atoms with Crippen LogP contribution in [-0.4, -0.2) is 15.9 Å². The number of rotatable bonds is 5. The predicted octanol–water partition coefficient (Wildman–Crippen LogP) is 1.79. The van der Waals surface area contributed by atoms with Crippen molar-refractivity contribution in [3.05, 3.63) is 0 Å². The lowest BCUT2D eigenvalue weighted by Gasteiger charge is -2.11. The molecule has 0 aliphatic carbocycles. The first-order valence-electron chi connectivity index (χ1n) is 3.51. The van der Waals surface area contributed by atoms with Crippen LogP contribution in [0.15, 0.2) is 0 Å². The summed E-state index contributed by atoms with van der Waals surface area (Å²) in [6.45, 7) is 3.94. The molecule has 0 amide bonds. The van der Waals surface area contributed by atoms with Gasteiger partial charge < -0.3 is 14.3 Å². The highest BCUT2D eigenvalue weighted by Gasteiger charge is 2.06. The van der Waals surface area contributed by atoms with E-state index in [9.17, 15) is 0 Å². The van der Waals surface area contributed by atoms with Crippen LogP contribution in [-0.2, 0) is 4.52 Å². The highest BCUT2D eigenvalue weighted by molar-refractivity contribution is 7.39. The van der Waals surface area contributed by atoms with E-state index in [0.29, 0.717) is 0 Å². The molecule has 1 atom stereocenters. The zero-order chi connectivity index (χ0) is 7.98. The third kappa shape index (κ3) is 6.43. The summed E-state index contributed by atoms with van der Waals surface area (Å²) in [6.07, 6.45) is 3.06. The Hall–Kier alpha value is 0.310. The van der Waals surface area contributed by atoms with E-state index in [-0.39, 0.29) is 6.10 Å². The van der Waals surface area contributed by atoms with E-state index < -0.39 is 8.60 Å². The van der Waals surface area contributed by atoms with E-state index in [4.69, 9.17) is 14.3 Å². The summed E-state index contributed by atoms with van der Waals surface area (Å²) in [4.78, 5) is 16.8. The Morgan fingerprint density at radius 2 is 2.10 bits per heavy atom. The highest BCUT2D eigenvalue weighted by Crippen LogP contribution is 2.28. The van der Waals surface area contributed by atoms with Crippen molar-refractivity contribution in [2.75, 3.05) is 0 Å². The second-order valence-electron chi connectivity index (χ2n) is 2.31. The Labute approximate surface area is 63.0 Å². The maximum atomic E-state index is 8.42. The fourth-order valence-electron chi connectivity index (χ4n) is 0.705. The number of hydrogen-bond acceptors (Lipinski definition) is 3. The van der Waals surface area contributed by atoms with Gasteiger partial charge in [-0.3, -0.25) is 0 Å². The molecule has 0 bridgehead atoms.